The first-order valence-electron chi connectivity index (χ1n) is 4.47. The molecule has 0 fully saturated rings. The highest BCUT2D eigenvalue weighted by Gasteiger charge is 1.99. The second-order valence-corrected chi connectivity index (χ2v) is 2.69. The molecule has 2 nitrogen and oxygen atoms in total. The minimum atomic E-state index is -0.151. The maximum absolute atomic E-state index is 8.76. The van der Waals surface area contributed by atoms with Gasteiger partial charge < -0.3 is 9.84 Å². The molecule has 13 heavy (non-hydrogen) atoms. The van der Waals surface area contributed by atoms with Crippen molar-refractivity contribution in [1.29, 1.82) is 0 Å². The van der Waals surface area contributed by atoms with Crippen LogP contribution in [-0.2, 0) is 4.74 Å². The Morgan fingerprint density at radius 2 is 2.08 bits per heavy atom. The first-order valence-corrected chi connectivity index (χ1v) is 4.47. The van der Waals surface area contributed by atoms with E-state index in [9.17, 15) is 0 Å². The van der Waals surface area contributed by atoms with E-state index in [-0.39, 0.29) is 12.7 Å². The van der Waals surface area contributed by atoms with Crippen LogP contribution in [-0.4, -0.2) is 17.8 Å². The standard InChI is InChI=1S/C11H18O2/c1-4-6-7-8-11(5-2)13-10(3)9-12/h4-8,10,12H,9H2,1-3H3/b6-4-,8-7-,11-5-. The molecule has 0 heterocycles. The SMILES string of the molecule is C\C=C/C=C\C(=C\C)OC(C)CO. The Morgan fingerprint density at radius 3 is 2.54 bits per heavy atom. The van der Waals surface area contributed by atoms with Crippen LogP contribution in [0.5, 0.6) is 0 Å². The van der Waals surface area contributed by atoms with E-state index >= 15 is 0 Å². The van der Waals surface area contributed by atoms with Crippen LogP contribution in [0.4, 0.5) is 0 Å². The zero-order chi connectivity index (χ0) is 10.1. The first-order chi connectivity index (χ1) is 6.24. The highest BCUT2D eigenvalue weighted by atomic mass is 16.5. The largest absolute Gasteiger partial charge is 0.489 e. The Kier molecular flexibility index (Phi) is 7.02. The monoisotopic (exact) mass is 182 g/mol. The number of hydrogen-bond acceptors (Lipinski definition) is 2. The third-order valence-corrected chi connectivity index (χ3v) is 1.44. The second kappa shape index (κ2) is 7.62. The number of aliphatic hydroxyl groups is 1. The third-order valence-electron chi connectivity index (χ3n) is 1.44. The molecule has 0 aliphatic carbocycles. The molecule has 1 atom stereocenters. The molecular formula is C11H18O2. The van der Waals surface area contributed by atoms with Gasteiger partial charge in [-0.2, -0.15) is 0 Å². The Labute approximate surface area is 80.2 Å². The molecule has 0 aliphatic heterocycles. The lowest BCUT2D eigenvalue weighted by atomic mass is 10.3. The maximum Gasteiger partial charge on any atom is 0.119 e. The summed E-state index contributed by atoms with van der Waals surface area (Å²) in [7, 11) is 0. The van der Waals surface area contributed by atoms with E-state index in [1.165, 1.54) is 0 Å². The third kappa shape index (κ3) is 6.17. The number of rotatable bonds is 5. The van der Waals surface area contributed by atoms with Gasteiger partial charge in [-0.1, -0.05) is 18.2 Å². The Morgan fingerprint density at radius 1 is 1.38 bits per heavy atom. The predicted octanol–water partition coefficient (Wildman–Crippen LogP) is 2.42. The summed E-state index contributed by atoms with van der Waals surface area (Å²) < 4.78 is 5.39. The van der Waals surface area contributed by atoms with Crippen LogP contribution in [0.1, 0.15) is 20.8 Å². The number of allylic oxidation sites excluding steroid dienone is 5. The van der Waals surface area contributed by atoms with E-state index < -0.39 is 0 Å². The summed E-state index contributed by atoms with van der Waals surface area (Å²) in [5, 5.41) is 8.76. The fourth-order valence-electron chi connectivity index (χ4n) is 0.735. The topological polar surface area (TPSA) is 29.5 Å². The van der Waals surface area contributed by atoms with Crippen molar-refractivity contribution in [2.45, 2.75) is 26.9 Å². The van der Waals surface area contributed by atoms with Gasteiger partial charge in [-0.3, -0.25) is 0 Å². The van der Waals surface area contributed by atoms with Crippen molar-refractivity contribution in [3.63, 3.8) is 0 Å². The molecule has 0 aromatic carbocycles. The average Bonchev–Trinajstić information content (AvgIpc) is 2.16. The smallest absolute Gasteiger partial charge is 0.119 e. The lowest BCUT2D eigenvalue weighted by molar-refractivity contribution is 0.0782. The number of hydrogen-bond donors (Lipinski definition) is 1. The Hall–Kier alpha value is -1.02. The van der Waals surface area contributed by atoms with Crippen molar-refractivity contribution in [2.24, 2.45) is 0 Å². The molecule has 1 unspecified atom stereocenters. The van der Waals surface area contributed by atoms with Crippen LogP contribution >= 0.6 is 0 Å². The highest BCUT2D eigenvalue weighted by Crippen LogP contribution is 2.04. The molecule has 2 heteroatoms. The molecular weight excluding hydrogens is 164 g/mol. The molecule has 0 aromatic rings. The van der Waals surface area contributed by atoms with Gasteiger partial charge in [-0.15, -0.1) is 0 Å². The molecule has 74 valence electrons. The Balaban J connectivity index is 4.05. The van der Waals surface area contributed by atoms with Crippen LogP contribution in [0.25, 0.3) is 0 Å². The van der Waals surface area contributed by atoms with Gasteiger partial charge >= 0.3 is 0 Å². The lowest BCUT2D eigenvalue weighted by Gasteiger charge is -2.11. The summed E-state index contributed by atoms with van der Waals surface area (Å²) >= 11 is 0. The maximum atomic E-state index is 8.76. The van der Waals surface area contributed by atoms with Crippen LogP contribution in [0, 0.1) is 0 Å². The lowest BCUT2D eigenvalue weighted by Crippen LogP contribution is -2.11. The van der Waals surface area contributed by atoms with Gasteiger partial charge in [0.15, 0.2) is 0 Å². The summed E-state index contributed by atoms with van der Waals surface area (Å²) in [5.74, 6) is 0.777. The average molecular weight is 182 g/mol. The van der Waals surface area contributed by atoms with Gasteiger partial charge in [-0.05, 0) is 32.9 Å². The normalized spacial score (nSPS) is 15.5. The minimum Gasteiger partial charge on any atom is -0.489 e. The van der Waals surface area contributed by atoms with E-state index in [0.717, 1.165) is 5.76 Å². The zero-order valence-corrected chi connectivity index (χ0v) is 8.53. The molecule has 0 rings (SSSR count). The summed E-state index contributed by atoms with van der Waals surface area (Å²) in [6, 6.07) is 0. The van der Waals surface area contributed by atoms with E-state index in [2.05, 4.69) is 0 Å². The molecule has 0 saturated carbocycles. The molecule has 0 aromatic heterocycles. The van der Waals surface area contributed by atoms with Crippen molar-refractivity contribution < 1.29 is 9.84 Å². The van der Waals surface area contributed by atoms with E-state index in [4.69, 9.17) is 9.84 Å². The first kappa shape index (κ1) is 12.0. The van der Waals surface area contributed by atoms with Crippen molar-refractivity contribution in [1.82, 2.24) is 0 Å². The van der Waals surface area contributed by atoms with Crippen LogP contribution in [0.2, 0.25) is 0 Å². The predicted molar refractivity (Wildman–Crippen MR) is 55.3 cm³/mol. The Bertz CT molecular complexity index is 202. The van der Waals surface area contributed by atoms with E-state index in [0.29, 0.717) is 0 Å². The van der Waals surface area contributed by atoms with Crippen LogP contribution < -0.4 is 0 Å². The second-order valence-electron chi connectivity index (χ2n) is 2.69. The molecule has 1 N–H and O–H groups in total. The summed E-state index contributed by atoms with van der Waals surface area (Å²) in [6.07, 6.45) is 9.36. The van der Waals surface area contributed by atoms with Crippen molar-refractivity contribution in [2.75, 3.05) is 6.61 Å². The summed E-state index contributed by atoms with van der Waals surface area (Å²) in [6.45, 7) is 5.72. The highest BCUT2D eigenvalue weighted by molar-refractivity contribution is 5.16. The summed E-state index contributed by atoms with van der Waals surface area (Å²) in [5.41, 5.74) is 0. The van der Waals surface area contributed by atoms with Crippen molar-refractivity contribution in [3.8, 4) is 0 Å². The molecule has 0 radical (unpaired) electrons. The van der Waals surface area contributed by atoms with Crippen LogP contribution in [0.15, 0.2) is 36.1 Å². The fourth-order valence-corrected chi connectivity index (χ4v) is 0.735. The zero-order valence-electron chi connectivity index (χ0n) is 8.53. The van der Waals surface area contributed by atoms with Gasteiger partial charge in [0.1, 0.15) is 11.9 Å². The van der Waals surface area contributed by atoms with Gasteiger partial charge in [-0.25, -0.2) is 0 Å². The van der Waals surface area contributed by atoms with Crippen molar-refractivity contribution in [3.05, 3.63) is 36.1 Å². The van der Waals surface area contributed by atoms with Gasteiger partial charge in [0.25, 0.3) is 0 Å². The molecule has 0 bridgehead atoms. The molecule has 0 saturated heterocycles. The number of aliphatic hydroxyl groups excluding tert-OH is 1. The number of ether oxygens (including phenoxy) is 1. The van der Waals surface area contributed by atoms with Crippen molar-refractivity contribution >= 4 is 0 Å². The summed E-state index contributed by atoms with van der Waals surface area (Å²) in [4.78, 5) is 0. The van der Waals surface area contributed by atoms with E-state index in [1.54, 1.807) is 0 Å². The van der Waals surface area contributed by atoms with Gasteiger partial charge in [0.05, 0.1) is 6.61 Å². The molecule has 0 amide bonds. The molecule has 0 aliphatic rings. The van der Waals surface area contributed by atoms with Gasteiger partial charge in [0, 0.05) is 0 Å². The van der Waals surface area contributed by atoms with Gasteiger partial charge in [0.2, 0.25) is 0 Å². The van der Waals surface area contributed by atoms with Crippen LogP contribution in [0.3, 0.4) is 0 Å². The quantitative estimate of drug-likeness (QED) is 0.522. The molecule has 0 spiro atoms. The fraction of sp³-hybridized carbons (Fsp3) is 0.455. The minimum absolute atomic E-state index is 0.0365. The van der Waals surface area contributed by atoms with E-state index in [1.807, 2.05) is 51.2 Å².